The molecule has 1 saturated heterocycles. The molecule has 0 amide bonds. The third-order valence-electron chi connectivity index (χ3n) is 2.28. The van der Waals surface area contributed by atoms with Gasteiger partial charge in [-0.05, 0) is 18.2 Å². The van der Waals surface area contributed by atoms with Gasteiger partial charge in [-0.15, -0.1) is 0 Å². The first-order valence-electron chi connectivity index (χ1n) is 5.15. The van der Waals surface area contributed by atoms with E-state index in [1.807, 2.05) is 0 Å². The maximum absolute atomic E-state index is 5.86. The van der Waals surface area contributed by atoms with Gasteiger partial charge in [0.2, 0.25) is 0 Å². The molecule has 1 N–H and O–H groups in total. The summed E-state index contributed by atoms with van der Waals surface area (Å²) in [5, 5.41) is 4.39. The molecule has 1 atom stereocenters. The maximum Gasteiger partial charge on any atom is 0.122 e. The van der Waals surface area contributed by atoms with Crippen LogP contribution in [0.3, 0.4) is 0 Å². The van der Waals surface area contributed by atoms with Gasteiger partial charge in [-0.2, -0.15) is 0 Å². The fraction of sp³-hybridized carbons (Fsp3) is 0.455. The summed E-state index contributed by atoms with van der Waals surface area (Å²) in [7, 11) is 0. The molecule has 1 aliphatic heterocycles. The highest BCUT2D eigenvalue weighted by molar-refractivity contribution is 6.34. The maximum atomic E-state index is 5.86. The monoisotopic (exact) mass is 261 g/mol. The summed E-state index contributed by atoms with van der Waals surface area (Å²) in [6.07, 6.45) is 0.0894. The molecular formula is C11H13Cl2NO2. The minimum Gasteiger partial charge on any atom is -0.491 e. The zero-order valence-electron chi connectivity index (χ0n) is 8.71. The van der Waals surface area contributed by atoms with Crippen LogP contribution in [-0.2, 0) is 4.74 Å². The van der Waals surface area contributed by atoms with E-state index in [0.717, 1.165) is 19.7 Å². The molecule has 1 aliphatic rings. The van der Waals surface area contributed by atoms with Crippen molar-refractivity contribution in [3.63, 3.8) is 0 Å². The normalized spacial score (nSPS) is 20.8. The Morgan fingerprint density at radius 2 is 2.06 bits per heavy atom. The first-order chi connectivity index (χ1) is 7.74. The number of morpholine rings is 1. The summed E-state index contributed by atoms with van der Waals surface area (Å²) in [6, 6.07) is 5.15. The van der Waals surface area contributed by atoms with Crippen LogP contribution in [0.25, 0.3) is 0 Å². The van der Waals surface area contributed by atoms with Gasteiger partial charge in [-0.25, -0.2) is 0 Å². The number of halogens is 2. The SMILES string of the molecule is Clc1cc(Cl)cc(OCC2CNCCO2)c1. The molecule has 0 spiro atoms. The molecule has 1 unspecified atom stereocenters. The van der Waals surface area contributed by atoms with Crippen molar-refractivity contribution in [3.05, 3.63) is 28.2 Å². The molecule has 3 nitrogen and oxygen atoms in total. The summed E-state index contributed by atoms with van der Waals surface area (Å²) >= 11 is 11.7. The first kappa shape index (κ1) is 12.0. The highest BCUT2D eigenvalue weighted by Gasteiger charge is 2.13. The van der Waals surface area contributed by atoms with E-state index in [1.165, 1.54) is 0 Å². The van der Waals surface area contributed by atoms with Gasteiger partial charge in [-0.1, -0.05) is 23.2 Å². The Bertz CT molecular complexity index is 334. The van der Waals surface area contributed by atoms with Crippen LogP contribution in [0.5, 0.6) is 5.75 Å². The van der Waals surface area contributed by atoms with Gasteiger partial charge in [0, 0.05) is 23.1 Å². The summed E-state index contributed by atoms with van der Waals surface area (Å²) < 4.78 is 11.1. The lowest BCUT2D eigenvalue weighted by Crippen LogP contribution is -2.41. The van der Waals surface area contributed by atoms with Crippen LogP contribution in [0.15, 0.2) is 18.2 Å². The van der Waals surface area contributed by atoms with Gasteiger partial charge in [-0.3, -0.25) is 0 Å². The standard InChI is InChI=1S/C11H13Cl2NO2/c12-8-3-9(13)5-10(4-8)16-7-11-6-14-1-2-15-11/h3-5,11,14H,1-2,6-7H2. The summed E-state index contributed by atoms with van der Waals surface area (Å²) in [6.45, 7) is 2.95. The van der Waals surface area contributed by atoms with Crippen LogP contribution >= 0.6 is 23.2 Å². The first-order valence-corrected chi connectivity index (χ1v) is 5.91. The second-order valence-corrected chi connectivity index (χ2v) is 4.49. The van der Waals surface area contributed by atoms with Gasteiger partial charge in [0.25, 0.3) is 0 Å². The van der Waals surface area contributed by atoms with Crippen LogP contribution in [0.4, 0.5) is 0 Å². The number of hydrogen-bond acceptors (Lipinski definition) is 3. The van der Waals surface area contributed by atoms with Crippen LogP contribution in [0.2, 0.25) is 10.0 Å². The fourth-order valence-electron chi connectivity index (χ4n) is 1.53. The highest BCUT2D eigenvalue weighted by Crippen LogP contribution is 2.24. The molecule has 0 saturated carbocycles. The van der Waals surface area contributed by atoms with E-state index in [9.17, 15) is 0 Å². The number of hydrogen-bond donors (Lipinski definition) is 1. The van der Waals surface area contributed by atoms with Crippen LogP contribution in [-0.4, -0.2) is 32.4 Å². The lowest BCUT2D eigenvalue weighted by atomic mass is 10.3. The Balaban J connectivity index is 1.88. The van der Waals surface area contributed by atoms with Gasteiger partial charge in [0.05, 0.1) is 6.61 Å². The van der Waals surface area contributed by atoms with E-state index in [4.69, 9.17) is 32.7 Å². The largest absolute Gasteiger partial charge is 0.491 e. The molecule has 0 radical (unpaired) electrons. The fourth-order valence-corrected chi connectivity index (χ4v) is 2.03. The third kappa shape index (κ3) is 3.52. The van der Waals surface area contributed by atoms with Crippen molar-refractivity contribution in [1.82, 2.24) is 5.32 Å². The lowest BCUT2D eigenvalue weighted by molar-refractivity contribution is 0.000198. The van der Waals surface area contributed by atoms with E-state index in [2.05, 4.69) is 5.32 Å². The van der Waals surface area contributed by atoms with Gasteiger partial charge < -0.3 is 14.8 Å². The van der Waals surface area contributed by atoms with Gasteiger partial charge in [0.15, 0.2) is 0 Å². The Labute approximate surface area is 105 Å². The molecular weight excluding hydrogens is 249 g/mol. The molecule has 88 valence electrons. The molecule has 1 aromatic carbocycles. The Morgan fingerprint density at radius 3 is 2.69 bits per heavy atom. The van der Waals surface area contributed by atoms with E-state index < -0.39 is 0 Å². The van der Waals surface area contributed by atoms with Crippen molar-refractivity contribution >= 4 is 23.2 Å². The second-order valence-electron chi connectivity index (χ2n) is 3.61. The van der Waals surface area contributed by atoms with Crippen molar-refractivity contribution in [2.75, 3.05) is 26.3 Å². The lowest BCUT2D eigenvalue weighted by Gasteiger charge is -2.23. The van der Waals surface area contributed by atoms with Crippen LogP contribution < -0.4 is 10.1 Å². The molecule has 16 heavy (non-hydrogen) atoms. The highest BCUT2D eigenvalue weighted by atomic mass is 35.5. The second kappa shape index (κ2) is 5.73. The molecule has 0 aliphatic carbocycles. The predicted molar refractivity (Wildman–Crippen MR) is 64.6 cm³/mol. The zero-order valence-corrected chi connectivity index (χ0v) is 10.2. The summed E-state index contributed by atoms with van der Waals surface area (Å²) in [5.74, 6) is 0.673. The van der Waals surface area contributed by atoms with E-state index in [1.54, 1.807) is 18.2 Å². The van der Waals surface area contributed by atoms with E-state index in [0.29, 0.717) is 22.4 Å². The van der Waals surface area contributed by atoms with E-state index in [-0.39, 0.29) is 6.10 Å². The summed E-state index contributed by atoms with van der Waals surface area (Å²) in [4.78, 5) is 0. The number of rotatable bonds is 3. The Hall–Kier alpha value is -0.480. The Morgan fingerprint density at radius 1 is 1.31 bits per heavy atom. The zero-order chi connectivity index (χ0) is 11.4. The van der Waals surface area contributed by atoms with Crippen LogP contribution in [0.1, 0.15) is 0 Å². The quantitative estimate of drug-likeness (QED) is 0.907. The third-order valence-corrected chi connectivity index (χ3v) is 2.71. The number of ether oxygens (including phenoxy) is 2. The average molecular weight is 262 g/mol. The Kier molecular flexibility index (Phi) is 4.29. The topological polar surface area (TPSA) is 30.5 Å². The molecule has 1 heterocycles. The van der Waals surface area contributed by atoms with Crippen molar-refractivity contribution in [2.45, 2.75) is 6.10 Å². The molecule has 1 aromatic rings. The average Bonchev–Trinajstić information content (AvgIpc) is 2.27. The van der Waals surface area contributed by atoms with Gasteiger partial charge >= 0.3 is 0 Å². The summed E-state index contributed by atoms with van der Waals surface area (Å²) in [5.41, 5.74) is 0. The van der Waals surface area contributed by atoms with Crippen molar-refractivity contribution in [1.29, 1.82) is 0 Å². The minimum absolute atomic E-state index is 0.0894. The number of benzene rings is 1. The molecule has 0 bridgehead atoms. The van der Waals surface area contributed by atoms with Crippen molar-refractivity contribution in [3.8, 4) is 5.75 Å². The minimum atomic E-state index is 0.0894. The van der Waals surface area contributed by atoms with Crippen molar-refractivity contribution < 1.29 is 9.47 Å². The smallest absolute Gasteiger partial charge is 0.122 e. The molecule has 0 aromatic heterocycles. The molecule has 5 heteroatoms. The molecule has 1 fully saturated rings. The molecule has 2 rings (SSSR count). The van der Waals surface area contributed by atoms with Crippen LogP contribution in [0, 0.1) is 0 Å². The van der Waals surface area contributed by atoms with Gasteiger partial charge in [0.1, 0.15) is 18.5 Å². The number of nitrogens with one attached hydrogen (secondary N) is 1. The predicted octanol–water partition coefficient (Wildman–Crippen LogP) is 2.36. The van der Waals surface area contributed by atoms with Crippen molar-refractivity contribution in [2.24, 2.45) is 0 Å². The van der Waals surface area contributed by atoms with E-state index >= 15 is 0 Å².